The Labute approximate surface area is 79.2 Å². The van der Waals surface area contributed by atoms with E-state index in [1.165, 1.54) is 12.8 Å². The molecule has 0 aliphatic heterocycles. The first-order valence-corrected chi connectivity index (χ1v) is 4.86. The van der Waals surface area contributed by atoms with Crippen molar-refractivity contribution in [2.45, 2.75) is 32.7 Å². The van der Waals surface area contributed by atoms with Crippen LogP contribution in [0.25, 0.3) is 0 Å². The van der Waals surface area contributed by atoms with Gasteiger partial charge in [0.05, 0.1) is 6.04 Å². The van der Waals surface area contributed by atoms with Crippen molar-refractivity contribution in [2.24, 2.45) is 22.7 Å². The Morgan fingerprint density at radius 2 is 2.23 bits per heavy atom. The van der Waals surface area contributed by atoms with Crippen molar-refractivity contribution >= 4 is 5.84 Å². The van der Waals surface area contributed by atoms with Gasteiger partial charge >= 0.3 is 0 Å². The fourth-order valence-corrected chi connectivity index (χ4v) is 1.39. The quantitative estimate of drug-likeness (QED) is 0.256. The summed E-state index contributed by atoms with van der Waals surface area (Å²) in [6.45, 7) is 5.08. The molecule has 0 bridgehead atoms. The van der Waals surface area contributed by atoms with Crippen LogP contribution in [-0.4, -0.2) is 23.6 Å². The lowest BCUT2D eigenvalue weighted by Crippen LogP contribution is -2.41. The van der Waals surface area contributed by atoms with Crippen LogP contribution in [0.5, 0.6) is 0 Å². The molecule has 2 atom stereocenters. The summed E-state index contributed by atoms with van der Waals surface area (Å²) in [4.78, 5) is 0. The van der Waals surface area contributed by atoms with E-state index in [2.05, 4.69) is 17.4 Å². The van der Waals surface area contributed by atoms with E-state index in [0.29, 0.717) is 5.92 Å². The predicted molar refractivity (Wildman–Crippen MR) is 52.8 cm³/mol. The zero-order valence-corrected chi connectivity index (χ0v) is 8.33. The molecule has 1 fully saturated rings. The molecular formula is C9H19N3O. The minimum atomic E-state index is -0.0359. The lowest BCUT2D eigenvalue weighted by molar-refractivity contribution is 0.314. The van der Waals surface area contributed by atoms with Gasteiger partial charge in [0, 0.05) is 0 Å². The van der Waals surface area contributed by atoms with Crippen LogP contribution in [0.3, 0.4) is 0 Å². The highest BCUT2D eigenvalue weighted by molar-refractivity contribution is 5.84. The van der Waals surface area contributed by atoms with Gasteiger partial charge in [-0.1, -0.05) is 12.1 Å². The van der Waals surface area contributed by atoms with Crippen molar-refractivity contribution in [3.8, 4) is 0 Å². The molecule has 1 rings (SSSR count). The summed E-state index contributed by atoms with van der Waals surface area (Å²) in [6, 6.07) is -0.0359. The van der Waals surface area contributed by atoms with Crippen molar-refractivity contribution < 1.29 is 5.21 Å². The second-order valence-corrected chi connectivity index (χ2v) is 3.97. The van der Waals surface area contributed by atoms with Crippen molar-refractivity contribution in [1.82, 2.24) is 5.32 Å². The molecule has 0 spiro atoms. The lowest BCUT2D eigenvalue weighted by Gasteiger charge is -2.15. The summed E-state index contributed by atoms with van der Waals surface area (Å²) in [5.74, 6) is 1.85. The van der Waals surface area contributed by atoms with Crippen LogP contribution in [0.15, 0.2) is 5.16 Å². The van der Waals surface area contributed by atoms with E-state index < -0.39 is 0 Å². The average molecular weight is 185 g/mol. The molecule has 0 aromatic carbocycles. The molecule has 1 aliphatic carbocycles. The lowest BCUT2D eigenvalue weighted by atomic mass is 10.1. The molecular weight excluding hydrogens is 166 g/mol. The minimum absolute atomic E-state index is 0.0359. The van der Waals surface area contributed by atoms with Crippen molar-refractivity contribution in [3.63, 3.8) is 0 Å². The van der Waals surface area contributed by atoms with Gasteiger partial charge in [-0.25, -0.2) is 0 Å². The van der Waals surface area contributed by atoms with Gasteiger partial charge in [0.25, 0.3) is 0 Å². The number of nitrogens with zero attached hydrogens (tertiary/aromatic N) is 1. The van der Waals surface area contributed by atoms with E-state index in [1.807, 2.05) is 6.92 Å². The number of nitrogens with one attached hydrogen (secondary N) is 1. The van der Waals surface area contributed by atoms with Crippen LogP contribution in [0.4, 0.5) is 0 Å². The summed E-state index contributed by atoms with van der Waals surface area (Å²) in [7, 11) is 0. The largest absolute Gasteiger partial charge is 0.409 e. The summed E-state index contributed by atoms with van der Waals surface area (Å²) in [5.41, 5.74) is 5.43. The monoisotopic (exact) mass is 185 g/mol. The Balaban J connectivity index is 2.17. The van der Waals surface area contributed by atoms with Gasteiger partial charge in [-0.15, -0.1) is 0 Å². The van der Waals surface area contributed by atoms with Crippen LogP contribution >= 0.6 is 0 Å². The average Bonchev–Trinajstić information content (AvgIpc) is 2.95. The molecule has 0 aromatic rings. The summed E-state index contributed by atoms with van der Waals surface area (Å²) in [6.07, 6.45) is 2.72. The van der Waals surface area contributed by atoms with Crippen LogP contribution in [0, 0.1) is 11.8 Å². The molecule has 0 saturated heterocycles. The maximum Gasteiger partial charge on any atom is 0.156 e. The minimum Gasteiger partial charge on any atom is -0.409 e. The molecule has 1 aliphatic rings. The maximum absolute atomic E-state index is 8.41. The highest BCUT2D eigenvalue weighted by Gasteiger charge is 2.27. The highest BCUT2D eigenvalue weighted by Crippen LogP contribution is 2.36. The number of amidine groups is 1. The Kier molecular flexibility index (Phi) is 3.54. The summed E-state index contributed by atoms with van der Waals surface area (Å²) in [5, 5.41) is 14.6. The number of rotatable bonds is 5. The predicted octanol–water partition coefficient (Wildman–Crippen LogP) is 0.757. The first kappa shape index (κ1) is 10.3. The number of oxime groups is 1. The van der Waals surface area contributed by atoms with Gasteiger partial charge < -0.3 is 16.3 Å². The number of hydrogen-bond donors (Lipinski definition) is 3. The third-order valence-electron chi connectivity index (χ3n) is 2.73. The third-order valence-corrected chi connectivity index (χ3v) is 2.73. The van der Waals surface area contributed by atoms with E-state index in [4.69, 9.17) is 10.9 Å². The molecule has 4 nitrogen and oxygen atoms in total. The van der Waals surface area contributed by atoms with Crippen LogP contribution < -0.4 is 11.1 Å². The van der Waals surface area contributed by atoms with E-state index in [1.54, 1.807) is 0 Å². The smallest absolute Gasteiger partial charge is 0.156 e. The molecule has 76 valence electrons. The molecule has 1 saturated carbocycles. The highest BCUT2D eigenvalue weighted by atomic mass is 16.4. The van der Waals surface area contributed by atoms with Gasteiger partial charge in [-0.05, 0) is 38.1 Å². The first-order chi connectivity index (χ1) is 6.15. The van der Waals surface area contributed by atoms with Crippen molar-refractivity contribution in [3.05, 3.63) is 0 Å². The van der Waals surface area contributed by atoms with Gasteiger partial charge in [-0.3, -0.25) is 0 Å². The molecule has 0 amide bonds. The molecule has 2 unspecified atom stereocenters. The van der Waals surface area contributed by atoms with Gasteiger partial charge in [0.15, 0.2) is 5.84 Å². The van der Waals surface area contributed by atoms with Crippen molar-refractivity contribution in [1.29, 1.82) is 0 Å². The van der Waals surface area contributed by atoms with E-state index in [-0.39, 0.29) is 11.9 Å². The molecule has 0 heterocycles. The Hall–Kier alpha value is -0.770. The fraction of sp³-hybridized carbons (Fsp3) is 0.889. The molecule has 0 radical (unpaired) electrons. The van der Waals surface area contributed by atoms with Crippen LogP contribution in [-0.2, 0) is 0 Å². The molecule has 0 aromatic heterocycles. The molecule has 13 heavy (non-hydrogen) atoms. The fourth-order valence-electron chi connectivity index (χ4n) is 1.39. The second-order valence-electron chi connectivity index (χ2n) is 3.97. The first-order valence-electron chi connectivity index (χ1n) is 4.86. The number of nitrogens with two attached hydrogens (primary N) is 1. The zero-order valence-electron chi connectivity index (χ0n) is 8.33. The Morgan fingerprint density at radius 1 is 1.62 bits per heavy atom. The maximum atomic E-state index is 8.41. The normalized spacial score (nSPS) is 22.8. The van der Waals surface area contributed by atoms with Crippen LogP contribution in [0.1, 0.15) is 26.7 Å². The third kappa shape index (κ3) is 3.22. The van der Waals surface area contributed by atoms with E-state index in [0.717, 1.165) is 12.5 Å². The van der Waals surface area contributed by atoms with Gasteiger partial charge in [0.1, 0.15) is 0 Å². The number of hydrogen-bond acceptors (Lipinski definition) is 3. The van der Waals surface area contributed by atoms with Gasteiger partial charge in [0.2, 0.25) is 0 Å². The van der Waals surface area contributed by atoms with Crippen molar-refractivity contribution in [2.75, 3.05) is 6.54 Å². The molecule has 4 heteroatoms. The summed E-state index contributed by atoms with van der Waals surface area (Å²) >= 11 is 0. The van der Waals surface area contributed by atoms with E-state index in [9.17, 15) is 0 Å². The van der Waals surface area contributed by atoms with Crippen LogP contribution in [0.2, 0.25) is 0 Å². The standard InChI is InChI=1S/C9H19N3O/c1-6(8-3-4-8)5-11-7(2)9(10)12-13/h6-8,11,13H,3-5H2,1-2H3,(H2,10,12). The SMILES string of the molecule is CC(NCC(C)C1CC1)C(N)=NO. The summed E-state index contributed by atoms with van der Waals surface area (Å²) < 4.78 is 0. The topological polar surface area (TPSA) is 70.6 Å². The Morgan fingerprint density at radius 3 is 2.69 bits per heavy atom. The second kappa shape index (κ2) is 4.46. The molecule has 4 N–H and O–H groups in total. The Bertz CT molecular complexity index is 189. The van der Waals surface area contributed by atoms with Gasteiger partial charge in [-0.2, -0.15) is 0 Å². The zero-order chi connectivity index (χ0) is 9.84. The van der Waals surface area contributed by atoms with E-state index >= 15 is 0 Å².